The Balaban J connectivity index is 2.01. The predicted molar refractivity (Wildman–Crippen MR) is 85.7 cm³/mol. The van der Waals surface area contributed by atoms with Gasteiger partial charge in [-0.1, -0.05) is 13.3 Å². The molecule has 0 bridgehead atoms. The molecule has 21 heavy (non-hydrogen) atoms. The first-order valence-electron chi connectivity index (χ1n) is 8.05. The van der Waals surface area contributed by atoms with E-state index in [1.165, 1.54) is 32.1 Å². The van der Waals surface area contributed by atoms with Gasteiger partial charge < -0.3 is 15.2 Å². The van der Waals surface area contributed by atoms with Crippen LogP contribution in [0.2, 0.25) is 0 Å². The van der Waals surface area contributed by atoms with Crippen LogP contribution in [0.15, 0.2) is 6.33 Å². The zero-order valence-electron chi connectivity index (χ0n) is 12.9. The summed E-state index contributed by atoms with van der Waals surface area (Å²) in [5, 5.41) is 3.21. The number of aromatic nitrogens is 4. The molecule has 2 aromatic rings. The third kappa shape index (κ3) is 2.80. The van der Waals surface area contributed by atoms with Gasteiger partial charge in [0.25, 0.3) is 0 Å². The average molecular weight is 288 g/mol. The van der Waals surface area contributed by atoms with Crippen LogP contribution >= 0.6 is 0 Å². The van der Waals surface area contributed by atoms with Crippen molar-refractivity contribution in [3.05, 3.63) is 6.33 Å². The molecule has 1 saturated heterocycles. The Kier molecular flexibility index (Phi) is 4.22. The van der Waals surface area contributed by atoms with Crippen molar-refractivity contribution in [2.45, 2.75) is 52.0 Å². The first kappa shape index (κ1) is 14.1. The summed E-state index contributed by atoms with van der Waals surface area (Å²) in [6.45, 7) is 6.19. The highest BCUT2D eigenvalue weighted by Gasteiger charge is 2.25. The summed E-state index contributed by atoms with van der Waals surface area (Å²) >= 11 is 0. The quantitative estimate of drug-likeness (QED) is 0.885. The molecule has 1 aliphatic heterocycles. The lowest BCUT2D eigenvalue weighted by Gasteiger charge is -2.36. The third-order valence-corrected chi connectivity index (χ3v) is 4.12. The molecule has 3 rings (SSSR count). The van der Waals surface area contributed by atoms with E-state index in [-0.39, 0.29) is 0 Å². The first-order chi connectivity index (χ1) is 10.3. The lowest BCUT2D eigenvalue weighted by atomic mass is 9.98. The van der Waals surface area contributed by atoms with Crippen molar-refractivity contribution in [3.63, 3.8) is 0 Å². The summed E-state index contributed by atoms with van der Waals surface area (Å²) in [5.74, 6) is 1.68. The highest BCUT2D eigenvalue weighted by molar-refractivity contribution is 5.84. The van der Waals surface area contributed by atoms with E-state index < -0.39 is 0 Å². The van der Waals surface area contributed by atoms with E-state index in [0.717, 1.165) is 30.1 Å². The number of piperidine rings is 1. The molecule has 1 atom stereocenters. The molecule has 0 aromatic carbocycles. The molecule has 2 N–H and O–H groups in total. The number of hydrogen-bond acceptors (Lipinski definition) is 5. The monoisotopic (exact) mass is 288 g/mol. The third-order valence-electron chi connectivity index (χ3n) is 4.12. The largest absolute Gasteiger partial charge is 0.354 e. The molecule has 6 nitrogen and oxygen atoms in total. The molecule has 0 saturated carbocycles. The molecule has 3 heterocycles. The highest BCUT2D eigenvalue weighted by Crippen LogP contribution is 2.30. The molecular formula is C15H24N6. The van der Waals surface area contributed by atoms with Crippen molar-refractivity contribution in [3.8, 4) is 0 Å². The number of nitrogens with zero attached hydrogens (tertiary/aromatic N) is 4. The van der Waals surface area contributed by atoms with Gasteiger partial charge in [0.15, 0.2) is 11.5 Å². The molecule has 1 aliphatic rings. The number of fused-ring (bicyclic) bond motifs is 1. The summed E-state index contributed by atoms with van der Waals surface area (Å²) in [7, 11) is 0. The van der Waals surface area contributed by atoms with Crippen LogP contribution in [-0.2, 0) is 0 Å². The zero-order valence-corrected chi connectivity index (χ0v) is 12.9. The lowest BCUT2D eigenvalue weighted by Crippen LogP contribution is -2.40. The van der Waals surface area contributed by atoms with Gasteiger partial charge in [-0.2, -0.15) is 9.97 Å². The minimum atomic E-state index is 0.583. The van der Waals surface area contributed by atoms with E-state index in [9.17, 15) is 0 Å². The Morgan fingerprint density at radius 1 is 1.33 bits per heavy atom. The number of anilines is 2. The SMILES string of the molecule is CCCC1CCCCN1c1nc(NCC)nc2nc[nH]c12. The Morgan fingerprint density at radius 2 is 2.24 bits per heavy atom. The maximum Gasteiger partial charge on any atom is 0.226 e. The second-order valence-electron chi connectivity index (χ2n) is 5.63. The summed E-state index contributed by atoms with van der Waals surface area (Å²) in [6, 6.07) is 0.583. The fourth-order valence-corrected chi connectivity index (χ4v) is 3.18. The van der Waals surface area contributed by atoms with Gasteiger partial charge in [0.2, 0.25) is 5.95 Å². The lowest BCUT2D eigenvalue weighted by molar-refractivity contribution is 0.432. The van der Waals surface area contributed by atoms with Crippen LogP contribution in [0.1, 0.15) is 46.0 Å². The number of aromatic amines is 1. The molecule has 0 aliphatic carbocycles. The van der Waals surface area contributed by atoms with E-state index in [2.05, 4.69) is 39.0 Å². The van der Waals surface area contributed by atoms with Crippen LogP contribution in [0, 0.1) is 0 Å². The smallest absolute Gasteiger partial charge is 0.226 e. The van der Waals surface area contributed by atoms with Crippen molar-refractivity contribution in [2.75, 3.05) is 23.3 Å². The van der Waals surface area contributed by atoms with Crippen LogP contribution in [0.3, 0.4) is 0 Å². The zero-order chi connectivity index (χ0) is 14.7. The molecule has 2 aromatic heterocycles. The maximum absolute atomic E-state index is 4.75. The minimum absolute atomic E-state index is 0.583. The minimum Gasteiger partial charge on any atom is -0.354 e. The van der Waals surface area contributed by atoms with Gasteiger partial charge in [-0.05, 0) is 32.6 Å². The van der Waals surface area contributed by atoms with Crippen LogP contribution < -0.4 is 10.2 Å². The standard InChI is InChI=1S/C15H24N6/c1-3-7-11-8-5-6-9-21(11)14-12-13(18-10-17-12)19-15(20-14)16-4-2/h10-11H,3-9H2,1-2H3,(H2,16,17,18,19,20). The molecule has 114 valence electrons. The maximum atomic E-state index is 4.75. The van der Waals surface area contributed by atoms with Gasteiger partial charge in [-0.3, -0.25) is 0 Å². The van der Waals surface area contributed by atoms with Gasteiger partial charge in [-0.15, -0.1) is 0 Å². The number of imidazole rings is 1. The summed E-state index contributed by atoms with van der Waals surface area (Å²) in [6.07, 6.45) is 7.94. The predicted octanol–water partition coefficient (Wildman–Crippen LogP) is 2.94. The summed E-state index contributed by atoms with van der Waals surface area (Å²) in [5.41, 5.74) is 1.71. The number of rotatable bonds is 5. The molecule has 6 heteroatoms. The van der Waals surface area contributed by atoms with Crippen LogP contribution in [0.4, 0.5) is 11.8 Å². The van der Waals surface area contributed by atoms with E-state index in [1.807, 2.05) is 0 Å². The van der Waals surface area contributed by atoms with E-state index >= 15 is 0 Å². The summed E-state index contributed by atoms with van der Waals surface area (Å²) < 4.78 is 0. The second-order valence-corrected chi connectivity index (χ2v) is 5.63. The van der Waals surface area contributed by atoms with Gasteiger partial charge >= 0.3 is 0 Å². The summed E-state index contributed by atoms with van der Waals surface area (Å²) in [4.78, 5) is 19.2. The number of nitrogens with one attached hydrogen (secondary N) is 2. The van der Waals surface area contributed by atoms with Crippen molar-refractivity contribution in [2.24, 2.45) is 0 Å². The molecular weight excluding hydrogens is 264 g/mol. The fourth-order valence-electron chi connectivity index (χ4n) is 3.18. The van der Waals surface area contributed by atoms with E-state index in [1.54, 1.807) is 6.33 Å². The molecule has 0 radical (unpaired) electrons. The van der Waals surface area contributed by atoms with Gasteiger partial charge in [0.1, 0.15) is 5.52 Å². The Bertz CT molecular complexity index is 591. The van der Waals surface area contributed by atoms with Crippen molar-refractivity contribution >= 4 is 22.9 Å². The van der Waals surface area contributed by atoms with Crippen LogP contribution in [0.25, 0.3) is 11.2 Å². The highest BCUT2D eigenvalue weighted by atomic mass is 15.3. The number of hydrogen-bond donors (Lipinski definition) is 2. The van der Waals surface area contributed by atoms with Gasteiger partial charge in [0.05, 0.1) is 6.33 Å². The normalized spacial score (nSPS) is 19.1. The fraction of sp³-hybridized carbons (Fsp3) is 0.667. The van der Waals surface area contributed by atoms with Crippen LogP contribution in [-0.4, -0.2) is 39.1 Å². The molecule has 0 spiro atoms. The van der Waals surface area contributed by atoms with Gasteiger partial charge in [-0.25, -0.2) is 4.98 Å². The second kappa shape index (κ2) is 6.28. The van der Waals surface area contributed by atoms with E-state index in [0.29, 0.717) is 12.0 Å². The molecule has 1 unspecified atom stereocenters. The van der Waals surface area contributed by atoms with E-state index in [4.69, 9.17) is 4.98 Å². The Hall–Kier alpha value is -1.85. The molecule has 0 amide bonds. The first-order valence-corrected chi connectivity index (χ1v) is 8.05. The van der Waals surface area contributed by atoms with Crippen molar-refractivity contribution in [1.82, 2.24) is 19.9 Å². The molecule has 1 fully saturated rings. The Morgan fingerprint density at radius 3 is 3.05 bits per heavy atom. The van der Waals surface area contributed by atoms with Crippen molar-refractivity contribution in [1.29, 1.82) is 0 Å². The van der Waals surface area contributed by atoms with Crippen molar-refractivity contribution < 1.29 is 0 Å². The number of H-pyrrole nitrogens is 1. The average Bonchev–Trinajstić information content (AvgIpc) is 2.96. The Labute approximate surface area is 125 Å². The van der Waals surface area contributed by atoms with Crippen LogP contribution in [0.5, 0.6) is 0 Å². The topological polar surface area (TPSA) is 69.7 Å². The van der Waals surface area contributed by atoms with Gasteiger partial charge in [0, 0.05) is 19.1 Å².